The minimum atomic E-state index is -0.155. The molecule has 8 nitrogen and oxygen atoms in total. The molecule has 0 unspecified atom stereocenters. The Labute approximate surface area is 197 Å². The number of aromatic nitrogens is 3. The number of anilines is 5. The zero-order chi connectivity index (χ0) is 22.8. The molecule has 3 heterocycles. The number of amides is 1. The minimum Gasteiger partial charge on any atom is -0.335 e. The van der Waals surface area contributed by atoms with E-state index in [0.717, 1.165) is 22.5 Å². The molecular formula is C24H19BrN6O2. The van der Waals surface area contributed by atoms with Crippen LogP contribution < -0.4 is 21.5 Å². The van der Waals surface area contributed by atoms with E-state index in [1.807, 2.05) is 54.6 Å². The van der Waals surface area contributed by atoms with Gasteiger partial charge in [0.2, 0.25) is 11.9 Å². The third-order valence-electron chi connectivity index (χ3n) is 5.20. The molecule has 164 valence electrons. The second kappa shape index (κ2) is 8.87. The summed E-state index contributed by atoms with van der Waals surface area (Å²) >= 11 is 3.45. The first-order valence-electron chi connectivity index (χ1n) is 10.3. The van der Waals surface area contributed by atoms with Gasteiger partial charge in [-0.3, -0.25) is 9.59 Å². The predicted octanol–water partition coefficient (Wildman–Crippen LogP) is 4.43. The van der Waals surface area contributed by atoms with Crippen molar-refractivity contribution < 1.29 is 4.79 Å². The van der Waals surface area contributed by atoms with Crippen molar-refractivity contribution in [3.05, 3.63) is 99.0 Å². The number of benzene rings is 2. The fourth-order valence-electron chi connectivity index (χ4n) is 3.62. The molecule has 0 fully saturated rings. The lowest BCUT2D eigenvalue weighted by molar-refractivity contribution is -0.115. The molecule has 1 aliphatic heterocycles. The number of halogens is 1. The first-order chi connectivity index (χ1) is 16.0. The van der Waals surface area contributed by atoms with Crippen molar-refractivity contribution in [3.63, 3.8) is 0 Å². The van der Waals surface area contributed by atoms with Crippen LogP contribution in [0.25, 0.3) is 0 Å². The summed E-state index contributed by atoms with van der Waals surface area (Å²) in [5.74, 6) is 0.799. The maximum atomic E-state index is 13.0. The van der Waals surface area contributed by atoms with Crippen molar-refractivity contribution >= 4 is 50.7 Å². The molecule has 0 atom stereocenters. The Hall–Kier alpha value is -3.98. The number of nitrogens with zero attached hydrogens (tertiary/aromatic N) is 3. The molecule has 0 saturated carbocycles. The summed E-state index contributed by atoms with van der Waals surface area (Å²) in [6.07, 6.45) is 3.72. The summed E-state index contributed by atoms with van der Waals surface area (Å²) in [5, 5.41) is 9.08. The van der Waals surface area contributed by atoms with E-state index in [4.69, 9.17) is 0 Å². The Balaban J connectivity index is 1.37. The van der Waals surface area contributed by atoms with E-state index in [0.29, 0.717) is 34.9 Å². The number of hydrogen-bond acceptors (Lipinski definition) is 6. The summed E-state index contributed by atoms with van der Waals surface area (Å²) in [7, 11) is 0. The molecule has 0 aliphatic carbocycles. The van der Waals surface area contributed by atoms with Gasteiger partial charge in [-0.2, -0.15) is 4.98 Å². The van der Waals surface area contributed by atoms with E-state index < -0.39 is 0 Å². The van der Waals surface area contributed by atoms with Gasteiger partial charge in [0.25, 0.3) is 5.56 Å². The third-order valence-corrected chi connectivity index (χ3v) is 5.78. The monoisotopic (exact) mass is 502 g/mol. The van der Waals surface area contributed by atoms with Crippen LogP contribution in [0.1, 0.15) is 11.1 Å². The molecule has 0 bridgehead atoms. The van der Waals surface area contributed by atoms with E-state index in [1.54, 1.807) is 23.0 Å². The van der Waals surface area contributed by atoms with Crippen LogP contribution in [0.5, 0.6) is 0 Å². The van der Waals surface area contributed by atoms with Crippen LogP contribution in [-0.2, 0) is 17.8 Å². The fourth-order valence-corrected chi connectivity index (χ4v) is 3.91. The average molecular weight is 503 g/mol. The topological polar surface area (TPSA) is 101 Å². The molecule has 0 spiro atoms. The molecule has 2 aromatic carbocycles. The number of rotatable bonds is 6. The summed E-state index contributed by atoms with van der Waals surface area (Å²) < 4.78 is 2.26. The van der Waals surface area contributed by atoms with E-state index in [1.165, 1.54) is 0 Å². The van der Waals surface area contributed by atoms with Gasteiger partial charge in [-0.15, -0.1) is 0 Å². The van der Waals surface area contributed by atoms with Gasteiger partial charge in [0.05, 0.1) is 17.4 Å². The highest BCUT2D eigenvalue weighted by molar-refractivity contribution is 9.10. The Morgan fingerprint density at radius 2 is 1.88 bits per heavy atom. The number of hydrogen-bond donors (Lipinski definition) is 3. The molecule has 0 radical (unpaired) electrons. The SMILES string of the molecule is O=C1Cc2cc(Nc3ncc(Br)c(Nc4cccn(Cc5ccccc5)c4=O)n3)ccc2N1. The molecule has 4 aromatic rings. The number of nitrogens with one attached hydrogen (secondary N) is 3. The van der Waals surface area contributed by atoms with Crippen LogP contribution in [0.3, 0.4) is 0 Å². The van der Waals surface area contributed by atoms with Crippen molar-refractivity contribution in [1.29, 1.82) is 0 Å². The molecule has 3 N–H and O–H groups in total. The highest BCUT2D eigenvalue weighted by atomic mass is 79.9. The largest absolute Gasteiger partial charge is 0.335 e. The summed E-state index contributed by atoms with van der Waals surface area (Å²) in [6, 6.07) is 18.9. The molecule has 0 saturated heterocycles. The Bertz CT molecular complexity index is 1400. The van der Waals surface area contributed by atoms with Crippen molar-refractivity contribution in [1.82, 2.24) is 14.5 Å². The number of carbonyl (C=O) groups excluding carboxylic acids is 1. The summed E-state index contributed by atoms with van der Waals surface area (Å²) in [6.45, 7) is 0.475. The lowest BCUT2D eigenvalue weighted by Gasteiger charge is -2.12. The number of fused-ring (bicyclic) bond motifs is 1. The van der Waals surface area contributed by atoms with Crippen LogP contribution in [-0.4, -0.2) is 20.4 Å². The number of pyridine rings is 1. The van der Waals surface area contributed by atoms with Crippen LogP contribution >= 0.6 is 15.9 Å². The molecular weight excluding hydrogens is 484 g/mol. The van der Waals surface area contributed by atoms with E-state index in [2.05, 4.69) is 41.8 Å². The Kier molecular flexibility index (Phi) is 5.62. The third kappa shape index (κ3) is 4.63. The second-order valence-corrected chi connectivity index (χ2v) is 8.43. The van der Waals surface area contributed by atoms with Crippen molar-refractivity contribution in [2.45, 2.75) is 13.0 Å². The lowest BCUT2D eigenvalue weighted by Crippen LogP contribution is -2.22. The van der Waals surface area contributed by atoms with Gasteiger partial charge in [-0.05, 0) is 57.4 Å². The highest BCUT2D eigenvalue weighted by Gasteiger charge is 2.18. The predicted molar refractivity (Wildman–Crippen MR) is 131 cm³/mol. The van der Waals surface area contributed by atoms with Gasteiger partial charge in [-0.25, -0.2) is 4.98 Å². The van der Waals surface area contributed by atoms with E-state index >= 15 is 0 Å². The first kappa shape index (κ1) is 20.9. The Morgan fingerprint density at radius 3 is 2.73 bits per heavy atom. The van der Waals surface area contributed by atoms with E-state index in [-0.39, 0.29) is 11.5 Å². The fraction of sp³-hybridized carbons (Fsp3) is 0.0833. The maximum Gasteiger partial charge on any atom is 0.274 e. The van der Waals surface area contributed by atoms with Crippen LogP contribution in [0.2, 0.25) is 0 Å². The van der Waals surface area contributed by atoms with Crippen molar-refractivity contribution in [2.24, 2.45) is 0 Å². The quantitative estimate of drug-likeness (QED) is 0.360. The average Bonchev–Trinajstić information content (AvgIpc) is 3.18. The van der Waals surface area contributed by atoms with E-state index in [9.17, 15) is 9.59 Å². The summed E-state index contributed by atoms with van der Waals surface area (Å²) in [5.41, 5.74) is 3.79. The standard InChI is InChI=1S/C24H19BrN6O2/c25-18-13-26-24(27-17-8-9-19-16(11-17)12-21(32)28-19)30-22(18)29-20-7-4-10-31(23(20)33)14-15-5-2-1-3-6-15/h1-11,13H,12,14H2,(H,28,32)(H2,26,27,29,30). The first-order valence-corrected chi connectivity index (χ1v) is 11.1. The zero-order valence-corrected chi connectivity index (χ0v) is 19.0. The lowest BCUT2D eigenvalue weighted by atomic mass is 10.1. The van der Waals surface area contributed by atoms with Crippen LogP contribution in [0, 0.1) is 0 Å². The smallest absolute Gasteiger partial charge is 0.274 e. The van der Waals surface area contributed by atoms with Gasteiger partial charge < -0.3 is 20.5 Å². The number of carbonyl (C=O) groups is 1. The minimum absolute atomic E-state index is 0.0192. The molecule has 5 rings (SSSR count). The van der Waals surface area contributed by atoms with Crippen molar-refractivity contribution in [2.75, 3.05) is 16.0 Å². The maximum absolute atomic E-state index is 13.0. The van der Waals surface area contributed by atoms with Gasteiger partial charge >= 0.3 is 0 Å². The summed E-state index contributed by atoms with van der Waals surface area (Å²) in [4.78, 5) is 33.4. The normalized spacial score (nSPS) is 12.2. The molecule has 33 heavy (non-hydrogen) atoms. The van der Waals surface area contributed by atoms with Crippen LogP contribution in [0.15, 0.2) is 82.3 Å². The van der Waals surface area contributed by atoms with Gasteiger partial charge in [0.15, 0.2) is 5.82 Å². The second-order valence-electron chi connectivity index (χ2n) is 7.58. The molecule has 1 amide bonds. The highest BCUT2D eigenvalue weighted by Crippen LogP contribution is 2.28. The van der Waals surface area contributed by atoms with Gasteiger partial charge in [0.1, 0.15) is 5.69 Å². The zero-order valence-electron chi connectivity index (χ0n) is 17.4. The van der Waals surface area contributed by atoms with Gasteiger partial charge in [0, 0.05) is 23.8 Å². The molecule has 1 aliphatic rings. The van der Waals surface area contributed by atoms with Crippen molar-refractivity contribution in [3.8, 4) is 0 Å². The molecule has 2 aromatic heterocycles. The van der Waals surface area contributed by atoms with Gasteiger partial charge in [-0.1, -0.05) is 30.3 Å². The van der Waals surface area contributed by atoms with Crippen LogP contribution in [0.4, 0.5) is 28.8 Å². The Morgan fingerprint density at radius 1 is 1.03 bits per heavy atom. The molecule has 9 heteroatoms.